The van der Waals surface area contributed by atoms with Gasteiger partial charge in [-0.1, -0.05) is 30.3 Å². The summed E-state index contributed by atoms with van der Waals surface area (Å²) in [6, 6.07) is 12.9. The Hall–Kier alpha value is -1.06. The molecule has 0 heterocycles. The van der Waals surface area contributed by atoms with Crippen LogP contribution in [0.25, 0.3) is 0 Å². The average Bonchev–Trinajstić information content (AvgIpc) is 2.40. The summed E-state index contributed by atoms with van der Waals surface area (Å²) in [5, 5.41) is 3.23. The van der Waals surface area contributed by atoms with Crippen LogP contribution in [0.1, 0.15) is 23.4 Å². The van der Waals surface area contributed by atoms with Crippen LogP contribution in [0.15, 0.2) is 46.9 Å². The topological polar surface area (TPSA) is 12.0 Å². The first-order valence-corrected chi connectivity index (χ1v) is 7.22. The number of halogens is 3. The van der Waals surface area contributed by atoms with Gasteiger partial charge in [-0.15, -0.1) is 11.6 Å². The zero-order valence-electron chi connectivity index (χ0n) is 10.5. The van der Waals surface area contributed by atoms with Crippen LogP contribution in [-0.2, 0) is 6.54 Å². The maximum atomic E-state index is 13.4. The number of alkyl halides is 1. The van der Waals surface area contributed by atoms with Crippen LogP contribution in [-0.4, -0.2) is 0 Å². The van der Waals surface area contributed by atoms with Gasteiger partial charge in [0.2, 0.25) is 0 Å². The lowest BCUT2D eigenvalue weighted by molar-refractivity contribution is 0.618. The van der Waals surface area contributed by atoms with Crippen LogP contribution >= 0.6 is 27.5 Å². The van der Waals surface area contributed by atoms with E-state index in [0.29, 0.717) is 11.0 Å². The third-order valence-electron chi connectivity index (χ3n) is 2.89. The van der Waals surface area contributed by atoms with Gasteiger partial charge in [-0.2, -0.15) is 0 Å². The molecular weight excluding hydrogens is 329 g/mol. The summed E-state index contributed by atoms with van der Waals surface area (Å²) in [7, 11) is 0. The summed E-state index contributed by atoms with van der Waals surface area (Å²) in [6.45, 7) is 2.47. The fourth-order valence-corrected chi connectivity index (χ4v) is 2.48. The van der Waals surface area contributed by atoms with Crippen molar-refractivity contribution < 1.29 is 4.39 Å². The van der Waals surface area contributed by atoms with Crippen LogP contribution in [0.3, 0.4) is 0 Å². The summed E-state index contributed by atoms with van der Waals surface area (Å²) in [6.07, 6.45) is 0. The molecule has 0 bridgehead atoms. The van der Waals surface area contributed by atoms with Gasteiger partial charge in [0.1, 0.15) is 5.82 Å². The second-order valence-corrected chi connectivity index (χ2v) is 5.72. The Labute approximate surface area is 125 Å². The smallest absolute Gasteiger partial charge is 0.137 e. The summed E-state index contributed by atoms with van der Waals surface area (Å²) >= 11 is 9.40. The van der Waals surface area contributed by atoms with Gasteiger partial charge in [0.25, 0.3) is 0 Å². The highest BCUT2D eigenvalue weighted by Crippen LogP contribution is 2.28. The molecule has 2 aromatic carbocycles. The molecule has 2 rings (SSSR count). The van der Waals surface area contributed by atoms with Crippen molar-refractivity contribution >= 4 is 33.2 Å². The van der Waals surface area contributed by atoms with Crippen LogP contribution < -0.4 is 5.32 Å². The van der Waals surface area contributed by atoms with Gasteiger partial charge >= 0.3 is 0 Å². The number of hydrogen-bond donors (Lipinski definition) is 1. The largest absolute Gasteiger partial charge is 0.381 e. The van der Waals surface area contributed by atoms with Gasteiger partial charge in [-0.25, -0.2) is 4.39 Å². The van der Waals surface area contributed by atoms with Crippen molar-refractivity contribution in [3.05, 3.63) is 63.9 Å². The number of benzene rings is 2. The van der Waals surface area contributed by atoms with Crippen LogP contribution in [0, 0.1) is 5.82 Å². The molecule has 0 saturated heterocycles. The molecule has 0 aromatic heterocycles. The maximum absolute atomic E-state index is 13.4. The predicted octanol–water partition coefficient (Wildman–Crippen LogP) is 5.50. The van der Waals surface area contributed by atoms with E-state index >= 15 is 0 Å². The lowest BCUT2D eigenvalue weighted by Crippen LogP contribution is -2.04. The third kappa shape index (κ3) is 3.48. The minimum Gasteiger partial charge on any atom is -0.381 e. The number of nitrogens with one attached hydrogen (secondary N) is 1. The Morgan fingerprint density at radius 1 is 1.21 bits per heavy atom. The highest BCUT2D eigenvalue weighted by molar-refractivity contribution is 9.10. The van der Waals surface area contributed by atoms with Crippen molar-refractivity contribution in [1.29, 1.82) is 0 Å². The predicted molar refractivity (Wildman–Crippen MR) is 82.1 cm³/mol. The fourth-order valence-electron chi connectivity index (χ4n) is 1.88. The molecular formula is C15H14BrClFN. The lowest BCUT2D eigenvalue weighted by atomic mass is 10.1. The molecule has 0 amide bonds. The Kier molecular flexibility index (Phi) is 4.83. The lowest BCUT2D eigenvalue weighted by Gasteiger charge is -2.14. The summed E-state index contributed by atoms with van der Waals surface area (Å²) in [4.78, 5) is 0. The molecule has 1 N–H and O–H groups in total. The van der Waals surface area contributed by atoms with Gasteiger partial charge < -0.3 is 5.32 Å². The third-order valence-corrected chi connectivity index (χ3v) is 4.01. The number of rotatable bonds is 4. The zero-order chi connectivity index (χ0) is 13.8. The van der Waals surface area contributed by atoms with Crippen LogP contribution in [0.5, 0.6) is 0 Å². The Morgan fingerprint density at radius 2 is 1.95 bits per heavy atom. The average molecular weight is 343 g/mol. The van der Waals surface area contributed by atoms with Crippen molar-refractivity contribution in [2.75, 3.05) is 5.32 Å². The van der Waals surface area contributed by atoms with E-state index in [1.807, 2.05) is 37.3 Å². The van der Waals surface area contributed by atoms with Gasteiger partial charge in [-0.05, 0) is 46.1 Å². The van der Waals surface area contributed by atoms with Crippen molar-refractivity contribution in [1.82, 2.24) is 0 Å². The standard InChI is InChI=1S/C15H14BrClFN/c1-10(17)12-6-2-3-8-14(12)19-9-11-5-4-7-13(18)15(11)16/h2-8,10,19H,9H2,1H3. The second-order valence-electron chi connectivity index (χ2n) is 4.27. The quantitative estimate of drug-likeness (QED) is 0.723. The molecule has 100 valence electrons. The van der Waals surface area contributed by atoms with Gasteiger partial charge in [0, 0.05) is 12.2 Å². The van der Waals surface area contributed by atoms with E-state index in [1.54, 1.807) is 6.07 Å². The molecule has 19 heavy (non-hydrogen) atoms. The van der Waals surface area contributed by atoms with Gasteiger partial charge in [-0.3, -0.25) is 0 Å². The Balaban J connectivity index is 2.17. The van der Waals surface area contributed by atoms with E-state index < -0.39 is 0 Å². The van der Waals surface area contributed by atoms with Crippen molar-refractivity contribution in [2.24, 2.45) is 0 Å². The molecule has 2 aromatic rings. The molecule has 0 aliphatic heterocycles. The molecule has 1 atom stereocenters. The molecule has 0 aliphatic rings. The van der Waals surface area contributed by atoms with Crippen molar-refractivity contribution in [2.45, 2.75) is 18.8 Å². The first-order valence-electron chi connectivity index (χ1n) is 5.99. The summed E-state index contributed by atoms with van der Waals surface area (Å²) < 4.78 is 13.9. The molecule has 0 fully saturated rings. The summed E-state index contributed by atoms with van der Waals surface area (Å²) in [5.41, 5.74) is 2.88. The maximum Gasteiger partial charge on any atom is 0.137 e. The Morgan fingerprint density at radius 3 is 2.68 bits per heavy atom. The molecule has 0 radical (unpaired) electrons. The monoisotopic (exact) mass is 341 g/mol. The first kappa shape index (κ1) is 14.4. The van der Waals surface area contributed by atoms with E-state index in [-0.39, 0.29) is 11.2 Å². The van der Waals surface area contributed by atoms with E-state index in [4.69, 9.17) is 11.6 Å². The van der Waals surface area contributed by atoms with Crippen LogP contribution in [0.2, 0.25) is 0 Å². The van der Waals surface area contributed by atoms with E-state index in [1.165, 1.54) is 6.07 Å². The van der Waals surface area contributed by atoms with Gasteiger partial charge in [0.05, 0.1) is 9.85 Å². The highest BCUT2D eigenvalue weighted by atomic mass is 79.9. The molecule has 0 aliphatic carbocycles. The molecule has 1 nitrogen and oxygen atoms in total. The van der Waals surface area contributed by atoms with Gasteiger partial charge in [0.15, 0.2) is 0 Å². The molecule has 1 unspecified atom stereocenters. The number of para-hydroxylation sites is 1. The number of hydrogen-bond acceptors (Lipinski definition) is 1. The highest BCUT2D eigenvalue weighted by Gasteiger charge is 2.09. The van der Waals surface area contributed by atoms with Crippen molar-refractivity contribution in [3.63, 3.8) is 0 Å². The van der Waals surface area contributed by atoms with E-state index in [0.717, 1.165) is 16.8 Å². The second kappa shape index (κ2) is 6.40. The molecule has 4 heteroatoms. The van der Waals surface area contributed by atoms with E-state index in [9.17, 15) is 4.39 Å². The van der Waals surface area contributed by atoms with Crippen molar-refractivity contribution in [3.8, 4) is 0 Å². The fraction of sp³-hybridized carbons (Fsp3) is 0.200. The molecule has 0 spiro atoms. The minimum atomic E-state index is -0.252. The summed E-state index contributed by atoms with van der Waals surface area (Å²) in [5.74, 6) is -0.252. The van der Waals surface area contributed by atoms with Crippen LogP contribution in [0.4, 0.5) is 10.1 Å². The SMILES string of the molecule is CC(Cl)c1ccccc1NCc1cccc(F)c1Br. The number of anilines is 1. The zero-order valence-corrected chi connectivity index (χ0v) is 12.8. The minimum absolute atomic E-state index is 0.0698. The first-order chi connectivity index (χ1) is 9.09. The normalized spacial score (nSPS) is 12.2. The van der Waals surface area contributed by atoms with E-state index in [2.05, 4.69) is 21.2 Å². The Bertz CT molecular complexity index is 572. The molecule has 0 saturated carbocycles.